The maximum atomic E-state index is 5.66. The number of rotatable bonds is 7. The Kier molecular flexibility index (Phi) is 6.30. The predicted octanol–water partition coefficient (Wildman–Crippen LogP) is 2.38. The maximum absolute atomic E-state index is 5.66. The molecule has 1 saturated heterocycles. The molecule has 2 aromatic rings. The third kappa shape index (κ3) is 4.96. The molecule has 0 spiro atoms. The second-order valence-corrected chi connectivity index (χ2v) is 6.63. The molecule has 2 heterocycles. The Morgan fingerprint density at radius 1 is 1.24 bits per heavy atom. The summed E-state index contributed by atoms with van der Waals surface area (Å²) < 4.78 is 11.1. The summed E-state index contributed by atoms with van der Waals surface area (Å²) >= 11 is 5.45. The average molecular weight is 361 g/mol. The zero-order valence-corrected chi connectivity index (χ0v) is 15.4. The van der Waals surface area contributed by atoms with E-state index >= 15 is 0 Å². The first kappa shape index (κ1) is 17.8. The highest BCUT2D eigenvalue weighted by Gasteiger charge is 2.29. The van der Waals surface area contributed by atoms with Gasteiger partial charge in [-0.3, -0.25) is 0 Å². The first-order chi connectivity index (χ1) is 12.3. The lowest BCUT2D eigenvalue weighted by Gasteiger charge is -2.23. The first-order valence-electron chi connectivity index (χ1n) is 8.92. The lowest BCUT2D eigenvalue weighted by atomic mass is 10.2. The average Bonchev–Trinajstić information content (AvgIpc) is 3.31. The van der Waals surface area contributed by atoms with Gasteiger partial charge in [-0.2, -0.15) is 0 Å². The number of anilines is 1. The van der Waals surface area contributed by atoms with Crippen molar-refractivity contribution in [3.8, 4) is 5.75 Å². The zero-order valence-electron chi connectivity index (χ0n) is 14.6. The van der Waals surface area contributed by atoms with Crippen molar-refractivity contribution in [2.75, 3.05) is 31.6 Å². The molecule has 1 fully saturated rings. The van der Waals surface area contributed by atoms with E-state index < -0.39 is 0 Å². The molecule has 6 heteroatoms. The Morgan fingerprint density at radius 3 is 2.64 bits per heavy atom. The zero-order chi connectivity index (χ0) is 17.5. The maximum Gasteiger partial charge on any atom is 0.171 e. The van der Waals surface area contributed by atoms with Crippen molar-refractivity contribution in [1.29, 1.82) is 0 Å². The highest BCUT2D eigenvalue weighted by molar-refractivity contribution is 7.80. The highest BCUT2D eigenvalue weighted by Crippen LogP contribution is 2.16. The summed E-state index contributed by atoms with van der Waals surface area (Å²) in [5, 5.41) is 7.20. The minimum atomic E-state index is 0.289. The van der Waals surface area contributed by atoms with Crippen LogP contribution in [0.3, 0.4) is 0 Å². The van der Waals surface area contributed by atoms with Crippen LogP contribution >= 0.6 is 12.2 Å². The molecule has 0 saturated carbocycles. The van der Waals surface area contributed by atoms with Gasteiger partial charge in [0.15, 0.2) is 16.9 Å². The molecule has 1 aliphatic rings. The molecule has 0 bridgehead atoms. The number of quaternary nitrogens is 1. The normalized spacial score (nSPS) is 15.7. The van der Waals surface area contributed by atoms with Gasteiger partial charge in [-0.15, -0.1) is 0 Å². The molecule has 5 nitrogen and oxygen atoms in total. The predicted molar refractivity (Wildman–Crippen MR) is 103 cm³/mol. The van der Waals surface area contributed by atoms with Crippen LogP contribution in [0.25, 0.3) is 0 Å². The Hall–Kier alpha value is -2.05. The third-order valence-electron chi connectivity index (χ3n) is 4.52. The van der Waals surface area contributed by atoms with Crippen molar-refractivity contribution in [3.63, 3.8) is 0 Å². The highest BCUT2D eigenvalue weighted by atomic mass is 32.1. The van der Waals surface area contributed by atoms with E-state index in [0.29, 0.717) is 11.7 Å². The van der Waals surface area contributed by atoms with Gasteiger partial charge in [0.1, 0.15) is 5.75 Å². The van der Waals surface area contributed by atoms with Crippen molar-refractivity contribution < 1.29 is 14.1 Å². The fraction of sp³-hybridized carbons (Fsp3) is 0.421. The molecule has 134 valence electrons. The lowest BCUT2D eigenvalue weighted by molar-refractivity contribution is -0.919. The summed E-state index contributed by atoms with van der Waals surface area (Å²) in [6, 6.07) is 12.1. The topological polar surface area (TPSA) is 50.9 Å². The van der Waals surface area contributed by atoms with E-state index in [1.165, 1.54) is 25.9 Å². The smallest absolute Gasteiger partial charge is 0.171 e. The lowest BCUT2D eigenvalue weighted by Crippen LogP contribution is -3.11. The fourth-order valence-electron chi connectivity index (χ4n) is 3.28. The molecule has 3 rings (SSSR count). The van der Waals surface area contributed by atoms with Gasteiger partial charge < -0.3 is 24.7 Å². The van der Waals surface area contributed by atoms with E-state index in [4.69, 9.17) is 21.4 Å². The summed E-state index contributed by atoms with van der Waals surface area (Å²) in [5.74, 6) is 1.88. The van der Waals surface area contributed by atoms with E-state index in [-0.39, 0.29) is 6.04 Å². The molecule has 1 atom stereocenters. The second-order valence-electron chi connectivity index (χ2n) is 6.23. The Bertz CT molecular complexity index is 652. The van der Waals surface area contributed by atoms with Gasteiger partial charge in [0.25, 0.3) is 0 Å². The van der Waals surface area contributed by atoms with Gasteiger partial charge in [0.2, 0.25) is 0 Å². The minimum absolute atomic E-state index is 0.289. The van der Waals surface area contributed by atoms with Gasteiger partial charge in [-0.1, -0.05) is 0 Å². The van der Waals surface area contributed by atoms with Crippen LogP contribution in [-0.2, 0) is 0 Å². The van der Waals surface area contributed by atoms with Crippen molar-refractivity contribution in [3.05, 3.63) is 48.4 Å². The molecular formula is C19H26N3O2S+. The van der Waals surface area contributed by atoms with Gasteiger partial charge in [0, 0.05) is 18.5 Å². The minimum Gasteiger partial charge on any atom is -0.494 e. The van der Waals surface area contributed by atoms with Gasteiger partial charge in [-0.05, 0) is 55.5 Å². The standard InChI is InChI=1S/C19H25N3O2S/c1-2-23-16-9-7-15(8-10-16)21-19(25)20-14-17(18-6-5-13-24-18)22-11-3-4-12-22/h5-10,13,17H,2-4,11-12,14H2,1H3,(H2,20,21,25)/p+1/t17-/m0/s1. The van der Waals surface area contributed by atoms with Crippen LogP contribution in [0.1, 0.15) is 31.6 Å². The Morgan fingerprint density at radius 2 is 2.00 bits per heavy atom. The van der Waals surface area contributed by atoms with Crippen LogP contribution in [0.5, 0.6) is 5.75 Å². The van der Waals surface area contributed by atoms with Gasteiger partial charge in [-0.25, -0.2) is 0 Å². The molecule has 0 aliphatic carbocycles. The first-order valence-corrected chi connectivity index (χ1v) is 9.33. The van der Waals surface area contributed by atoms with Crippen LogP contribution in [0.2, 0.25) is 0 Å². The van der Waals surface area contributed by atoms with E-state index in [9.17, 15) is 0 Å². The van der Waals surface area contributed by atoms with Crippen molar-refractivity contribution in [2.24, 2.45) is 0 Å². The summed E-state index contributed by atoms with van der Waals surface area (Å²) in [5.41, 5.74) is 0.948. The quantitative estimate of drug-likeness (QED) is 0.662. The van der Waals surface area contributed by atoms with Gasteiger partial charge in [0.05, 0.1) is 32.5 Å². The number of hydrogen-bond acceptors (Lipinski definition) is 3. The van der Waals surface area contributed by atoms with Gasteiger partial charge >= 0.3 is 0 Å². The molecule has 1 aromatic heterocycles. The van der Waals surface area contributed by atoms with Crippen LogP contribution in [-0.4, -0.2) is 31.4 Å². The molecule has 1 aliphatic heterocycles. The molecule has 0 unspecified atom stereocenters. The molecular weight excluding hydrogens is 334 g/mol. The van der Waals surface area contributed by atoms with Crippen molar-refractivity contribution in [2.45, 2.75) is 25.8 Å². The summed E-state index contributed by atoms with van der Waals surface area (Å²) in [6.07, 6.45) is 4.30. The molecule has 25 heavy (non-hydrogen) atoms. The molecule has 0 amide bonds. The largest absolute Gasteiger partial charge is 0.494 e. The number of furan rings is 1. The Labute approximate surface area is 154 Å². The van der Waals surface area contributed by atoms with Crippen LogP contribution in [0.15, 0.2) is 47.1 Å². The number of ether oxygens (including phenoxy) is 1. The number of thiocarbonyl (C=S) groups is 1. The molecule has 1 aromatic carbocycles. The van der Waals surface area contributed by atoms with E-state index in [1.807, 2.05) is 37.3 Å². The van der Waals surface area contributed by atoms with Crippen LogP contribution in [0.4, 0.5) is 5.69 Å². The van der Waals surface area contributed by atoms with E-state index in [1.54, 1.807) is 11.2 Å². The number of hydrogen-bond donors (Lipinski definition) is 3. The summed E-state index contributed by atoms with van der Waals surface area (Å²) in [6.45, 7) is 5.77. The SMILES string of the molecule is CCOc1ccc(NC(=S)NC[C@@H](c2ccco2)[NH+]2CCCC2)cc1. The van der Waals surface area contributed by atoms with Crippen molar-refractivity contribution >= 4 is 23.0 Å². The monoisotopic (exact) mass is 360 g/mol. The fourth-order valence-corrected chi connectivity index (χ4v) is 3.49. The third-order valence-corrected chi connectivity index (χ3v) is 4.76. The molecule has 3 N–H and O–H groups in total. The van der Waals surface area contributed by atoms with E-state index in [2.05, 4.69) is 16.7 Å². The summed E-state index contributed by atoms with van der Waals surface area (Å²) in [7, 11) is 0. The Balaban J connectivity index is 1.54. The van der Waals surface area contributed by atoms with Crippen LogP contribution in [0, 0.1) is 0 Å². The summed E-state index contributed by atoms with van der Waals surface area (Å²) in [4.78, 5) is 1.56. The number of likely N-dealkylation sites (tertiary alicyclic amines) is 1. The van der Waals surface area contributed by atoms with E-state index in [0.717, 1.165) is 23.7 Å². The molecule has 0 radical (unpaired) electrons. The van der Waals surface area contributed by atoms with Crippen LogP contribution < -0.4 is 20.3 Å². The van der Waals surface area contributed by atoms with Crippen molar-refractivity contribution in [1.82, 2.24) is 5.32 Å². The number of benzene rings is 1. The second kappa shape index (κ2) is 8.87. The number of nitrogens with one attached hydrogen (secondary N) is 3.